The van der Waals surface area contributed by atoms with Gasteiger partial charge >= 0.3 is 0 Å². The van der Waals surface area contributed by atoms with Crippen LogP contribution in [0, 0.1) is 6.92 Å². The molecule has 0 saturated carbocycles. The van der Waals surface area contributed by atoms with Gasteiger partial charge in [0.2, 0.25) is 5.91 Å². The second kappa shape index (κ2) is 7.65. The van der Waals surface area contributed by atoms with Gasteiger partial charge in [-0.2, -0.15) is 0 Å². The second-order valence-electron chi connectivity index (χ2n) is 4.59. The zero-order chi connectivity index (χ0) is 15.9. The molecular weight excluding hydrogens is 300 g/mol. The largest absolute Gasteiger partial charge is 0.497 e. The molecule has 1 amide bonds. The van der Waals surface area contributed by atoms with E-state index in [0.29, 0.717) is 23.1 Å². The summed E-state index contributed by atoms with van der Waals surface area (Å²) in [5, 5.41) is 3.42. The number of hydrogen-bond acceptors (Lipinski definition) is 6. The van der Waals surface area contributed by atoms with E-state index in [1.54, 1.807) is 37.4 Å². The standard InChI is InChI=1S/C15H18N4O2S/c1-10-9-13(16)19-15(17-10)22-8-7-14(20)18-11-3-5-12(21-2)6-4-11/h3-6,9H,7-8H2,1-2H3,(H,18,20)(H2,16,17,19). The molecule has 6 nitrogen and oxygen atoms in total. The first kappa shape index (κ1) is 16.1. The topological polar surface area (TPSA) is 90.1 Å². The van der Waals surface area contributed by atoms with Crippen molar-refractivity contribution in [3.8, 4) is 5.75 Å². The van der Waals surface area contributed by atoms with Crippen LogP contribution in [0.25, 0.3) is 0 Å². The highest BCUT2D eigenvalue weighted by Crippen LogP contribution is 2.18. The minimum Gasteiger partial charge on any atom is -0.497 e. The van der Waals surface area contributed by atoms with Gasteiger partial charge in [-0.05, 0) is 31.2 Å². The van der Waals surface area contributed by atoms with Crippen LogP contribution in [0.15, 0.2) is 35.5 Å². The summed E-state index contributed by atoms with van der Waals surface area (Å²) in [6, 6.07) is 8.91. The number of nitrogens with two attached hydrogens (primary N) is 1. The van der Waals surface area contributed by atoms with Gasteiger partial charge in [-0.25, -0.2) is 9.97 Å². The van der Waals surface area contributed by atoms with E-state index in [2.05, 4.69) is 15.3 Å². The number of carbonyl (C=O) groups is 1. The summed E-state index contributed by atoms with van der Waals surface area (Å²) in [5.74, 6) is 1.73. The van der Waals surface area contributed by atoms with E-state index in [1.807, 2.05) is 6.92 Å². The number of hydrogen-bond donors (Lipinski definition) is 2. The molecule has 2 aromatic rings. The average molecular weight is 318 g/mol. The predicted molar refractivity (Wildman–Crippen MR) is 88.1 cm³/mol. The number of nitrogens with zero attached hydrogens (tertiary/aromatic N) is 2. The molecule has 3 N–H and O–H groups in total. The van der Waals surface area contributed by atoms with E-state index in [0.717, 1.165) is 17.1 Å². The fourth-order valence-electron chi connectivity index (χ4n) is 1.76. The molecule has 0 fully saturated rings. The molecule has 0 bridgehead atoms. The number of carbonyl (C=O) groups excluding carboxylic acids is 1. The molecule has 1 heterocycles. The Hall–Kier alpha value is -2.28. The third kappa shape index (κ3) is 4.92. The molecule has 0 atom stereocenters. The monoisotopic (exact) mass is 318 g/mol. The number of thioether (sulfide) groups is 1. The van der Waals surface area contributed by atoms with Crippen molar-refractivity contribution in [3.63, 3.8) is 0 Å². The van der Waals surface area contributed by atoms with Crippen LogP contribution in [0.2, 0.25) is 0 Å². The molecule has 0 saturated heterocycles. The van der Waals surface area contributed by atoms with Gasteiger partial charge in [-0.1, -0.05) is 11.8 Å². The highest BCUT2D eigenvalue weighted by atomic mass is 32.2. The van der Waals surface area contributed by atoms with Crippen molar-refractivity contribution >= 4 is 29.2 Å². The van der Waals surface area contributed by atoms with Gasteiger partial charge in [0.1, 0.15) is 11.6 Å². The van der Waals surface area contributed by atoms with E-state index in [4.69, 9.17) is 10.5 Å². The quantitative estimate of drug-likeness (QED) is 0.628. The molecule has 116 valence electrons. The lowest BCUT2D eigenvalue weighted by atomic mass is 10.3. The van der Waals surface area contributed by atoms with E-state index in [1.165, 1.54) is 11.8 Å². The van der Waals surface area contributed by atoms with Crippen molar-refractivity contribution in [1.29, 1.82) is 0 Å². The Labute approximate surface area is 133 Å². The van der Waals surface area contributed by atoms with Gasteiger partial charge in [-0.3, -0.25) is 4.79 Å². The van der Waals surface area contributed by atoms with Crippen molar-refractivity contribution in [3.05, 3.63) is 36.0 Å². The fraction of sp³-hybridized carbons (Fsp3) is 0.267. The van der Waals surface area contributed by atoms with Gasteiger partial charge in [0.05, 0.1) is 7.11 Å². The Bertz CT molecular complexity index is 626. The third-order valence-corrected chi connectivity index (χ3v) is 3.64. The Morgan fingerprint density at radius 3 is 2.68 bits per heavy atom. The molecule has 0 unspecified atom stereocenters. The Morgan fingerprint density at radius 2 is 2.05 bits per heavy atom. The number of aryl methyl sites for hydroxylation is 1. The van der Waals surface area contributed by atoms with Crippen molar-refractivity contribution in [2.45, 2.75) is 18.5 Å². The summed E-state index contributed by atoms with van der Waals surface area (Å²) in [6.07, 6.45) is 0.369. The van der Waals surface area contributed by atoms with Crippen LogP contribution in [0.4, 0.5) is 11.5 Å². The molecule has 1 aromatic carbocycles. The highest BCUT2D eigenvalue weighted by Gasteiger charge is 2.05. The lowest BCUT2D eigenvalue weighted by molar-refractivity contribution is -0.115. The summed E-state index contributed by atoms with van der Waals surface area (Å²) in [6.45, 7) is 1.86. The highest BCUT2D eigenvalue weighted by molar-refractivity contribution is 7.99. The number of ether oxygens (including phenoxy) is 1. The summed E-state index contributed by atoms with van der Waals surface area (Å²) in [5.41, 5.74) is 7.22. The van der Waals surface area contributed by atoms with Gasteiger partial charge in [0.15, 0.2) is 5.16 Å². The number of methoxy groups -OCH3 is 1. The molecule has 0 aliphatic heterocycles. The summed E-state index contributed by atoms with van der Waals surface area (Å²) >= 11 is 1.41. The van der Waals surface area contributed by atoms with Gasteiger partial charge in [0.25, 0.3) is 0 Å². The molecule has 7 heteroatoms. The number of nitrogens with one attached hydrogen (secondary N) is 1. The molecule has 0 radical (unpaired) electrons. The summed E-state index contributed by atoms with van der Waals surface area (Å²) in [7, 11) is 1.60. The molecule has 0 aliphatic rings. The average Bonchev–Trinajstić information content (AvgIpc) is 2.47. The maximum absolute atomic E-state index is 11.9. The Kier molecular flexibility index (Phi) is 5.60. The molecule has 0 spiro atoms. The van der Waals surface area contributed by atoms with Crippen LogP contribution in [0.5, 0.6) is 5.75 Å². The van der Waals surface area contributed by atoms with E-state index in [-0.39, 0.29) is 5.91 Å². The third-order valence-electron chi connectivity index (χ3n) is 2.79. The van der Waals surface area contributed by atoms with Crippen molar-refractivity contribution < 1.29 is 9.53 Å². The van der Waals surface area contributed by atoms with Gasteiger partial charge < -0.3 is 15.8 Å². The van der Waals surface area contributed by atoms with Crippen LogP contribution in [-0.4, -0.2) is 28.7 Å². The number of anilines is 2. The Morgan fingerprint density at radius 1 is 1.32 bits per heavy atom. The number of rotatable bonds is 6. The SMILES string of the molecule is COc1ccc(NC(=O)CCSc2nc(C)cc(N)n2)cc1. The first-order valence-electron chi connectivity index (χ1n) is 6.74. The van der Waals surface area contributed by atoms with E-state index >= 15 is 0 Å². The predicted octanol–water partition coefficient (Wildman–Crippen LogP) is 2.50. The van der Waals surface area contributed by atoms with E-state index in [9.17, 15) is 4.79 Å². The second-order valence-corrected chi connectivity index (χ2v) is 5.65. The zero-order valence-electron chi connectivity index (χ0n) is 12.5. The van der Waals surface area contributed by atoms with Gasteiger partial charge in [-0.15, -0.1) is 0 Å². The maximum atomic E-state index is 11.9. The first-order valence-corrected chi connectivity index (χ1v) is 7.73. The number of amides is 1. The molecule has 22 heavy (non-hydrogen) atoms. The van der Waals surface area contributed by atoms with Gasteiger partial charge in [0, 0.05) is 29.6 Å². The molecule has 0 aliphatic carbocycles. The van der Waals surface area contributed by atoms with Crippen LogP contribution in [0.3, 0.4) is 0 Å². The van der Waals surface area contributed by atoms with Crippen LogP contribution in [-0.2, 0) is 4.79 Å². The molecule has 1 aromatic heterocycles. The summed E-state index contributed by atoms with van der Waals surface area (Å²) < 4.78 is 5.07. The normalized spacial score (nSPS) is 10.3. The minimum absolute atomic E-state index is 0.0571. The first-order chi connectivity index (χ1) is 10.6. The van der Waals surface area contributed by atoms with Crippen LogP contribution >= 0.6 is 11.8 Å². The molecular formula is C15H18N4O2S. The number of benzene rings is 1. The molecule has 2 rings (SSSR count). The van der Waals surface area contributed by atoms with Crippen molar-refractivity contribution in [2.24, 2.45) is 0 Å². The lowest BCUT2D eigenvalue weighted by Crippen LogP contribution is -2.12. The minimum atomic E-state index is -0.0571. The number of aromatic nitrogens is 2. The van der Waals surface area contributed by atoms with Crippen molar-refractivity contribution in [2.75, 3.05) is 23.9 Å². The van der Waals surface area contributed by atoms with E-state index < -0.39 is 0 Å². The summed E-state index contributed by atoms with van der Waals surface area (Å²) in [4.78, 5) is 20.2. The van der Waals surface area contributed by atoms with Crippen LogP contribution in [0.1, 0.15) is 12.1 Å². The fourth-order valence-corrected chi connectivity index (χ4v) is 2.61. The Balaban J connectivity index is 1.79. The maximum Gasteiger partial charge on any atom is 0.225 e. The van der Waals surface area contributed by atoms with Crippen LogP contribution < -0.4 is 15.8 Å². The smallest absolute Gasteiger partial charge is 0.225 e. The lowest BCUT2D eigenvalue weighted by Gasteiger charge is -2.06. The zero-order valence-corrected chi connectivity index (χ0v) is 13.3. The number of nitrogen functional groups attached to an aromatic ring is 1. The van der Waals surface area contributed by atoms with Crippen molar-refractivity contribution in [1.82, 2.24) is 9.97 Å².